The summed E-state index contributed by atoms with van der Waals surface area (Å²) in [6.07, 6.45) is 0. The van der Waals surface area contributed by atoms with Gasteiger partial charge in [-0.15, -0.1) is 10.2 Å². The maximum Gasteiger partial charge on any atom is 0.250 e. The van der Waals surface area contributed by atoms with Gasteiger partial charge in [-0.25, -0.2) is 5.43 Å². The molecule has 5 rings (SSSR count). The van der Waals surface area contributed by atoms with Gasteiger partial charge in [-0.05, 0) is 54.8 Å². The van der Waals surface area contributed by atoms with Crippen molar-refractivity contribution in [2.75, 3.05) is 12.4 Å². The predicted molar refractivity (Wildman–Crippen MR) is 161 cm³/mol. The molecule has 0 aliphatic carbocycles. The highest BCUT2D eigenvalue weighted by Crippen LogP contribution is 2.29. The van der Waals surface area contributed by atoms with Crippen LogP contribution in [0.4, 0.5) is 0 Å². The monoisotopic (exact) mass is 547 g/mol. The summed E-state index contributed by atoms with van der Waals surface area (Å²) in [5.41, 5.74) is 8.43. The molecule has 0 unspecified atom stereocenters. The number of nitrogens with one attached hydrogen (secondary N) is 1. The fraction of sp³-hybridized carbons (Fsp3) is 0.125. The number of thioether (sulfide) groups is 1. The fourth-order valence-electron chi connectivity index (χ4n) is 4.14. The second kappa shape index (κ2) is 12.9. The molecule has 0 saturated heterocycles. The Kier molecular flexibility index (Phi) is 8.68. The fourth-order valence-corrected chi connectivity index (χ4v) is 4.88. The Labute approximate surface area is 237 Å². The summed E-state index contributed by atoms with van der Waals surface area (Å²) in [6.45, 7) is 4.42. The zero-order valence-electron chi connectivity index (χ0n) is 22.3. The molecule has 0 bridgehead atoms. The summed E-state index contributed by atoms with van der Waals surface area (Å²) in [5, 5.41) is 13.8. The lowest BCUT2D eigenvalue weighted by atomic mass is 10.0. The number of nitrogens with zero attached hydrogens (tertiary/aromatic N) is 4. The highest BCUT2D eigenvalue weighted by molar-refractivity contribution is 7.99. The van der Waals surface area contributed by atoms with Crippen LogP contribution in [0.25, 0.3) is 28.2 Å². The zero-order valence-corrected chi connectivity index (χ0v) is 23.1. The molecule has 40 heavy (non-hydrogen) atoms. The minimum atomic E-state index is -0.229. The van der Waals surface area contributed by atoms with Crippen LogP contribution in [0.5, 0.6) is 5.75 Å². The molecule has 0 aliphatic heterocycles. The van der Waals surface area contributed by atoms with Gasteiger partial charge in [0, 0.05) is 11.3 Å². The van der Waals surface area contributed by atoms with Crippen molar-refractivity contribution in [2.45, 2.75) is 19.0 Å². The van der Waals surface area contributed by atoms with Crippen molar-refractivity contribution in [1.29, 1.82) is 0 Å². The number of rotatable bonds is 10. The first kappa shape index (κ1) is 26.9. The van der Waals surface area contributed by atoms with Crippen LogP contribution >= 0.6 is 11.8 Å². The van der Waals surface area contributed by atoms with E-state index in [1.54, 1.807) is 0 Å². The molecule has 5 aromatic rings. The van der Waals surface area contributed by atoms with Gasteiger partial charge in [0.2, 0.25) is 0 Å². The van der Waals surface area contributed by atoms with Crippen molar-refractivity contribution in [1.82, 2.24) is 20.2 Å². The third-order valence-electron chi connectivity index (χ3n) is 6.16. The lowest BCUT2D eigenvalue weighted by Crippen LogP contribution is -2.21. The van der Waals surface area contributed by atoms with E-state index in [0.29, 0.717) is 17.6 Å². The van der Waals surface area contributed by atoms with Gasteiger partial charge in [-0.3, -0.25) is 9.36 Å². The average molecular weight is 548 g/mol. The molecule has 1 aromatic heterocycles. The van der Waals surface area contributed by atoms with Crippen LogP contribution in [0, 0.1) is 0 Å². The van der Waals surface area contributed by atoms with Gasteiger partial charge in [-0.1, -0.05) is 96.7 Å². The Bertz CT molecular complexity index is 1580. The molecule has 200 valence electrons. The van der Waals surface area contributed by atoms with Crippen LogP contribution in [-0.2, 0) is 4.79 Å². The van der Waals surface area contributed by atoms with Gasteiger partial charge in [0.15, 0.2) is 11.0 Å². The summed E-state index contributed by atoms with van der Waals surface area (Å²) < 4.78 is 7.55. The van der Waals surface area contributed by atoms with Crippen LogP contribution < -0.4 is 10.2 Å². The van der Waals surface area contributed by atoms with Crippen molar-refractivity contribution < 1.29 is 9.53 Å². The number of ether oxygens (including phenoxy) is 1. The Hall–Kier alpha value is -4.69. The highest BCUT2D eigenvalue weighted by Gasteiger charge is 2.17. The van der Waals surface area contributed by atoms with Gasteiger partial charge in [-0.2, -0.15) is 5.10 Å². The smallest absolute Gasteiger partial charge is 0.250 e. The average Bonchev–Trinajstić information content (AvgIpc) is 3.44. The van der Waals surface area contributed by atoms with Gasteiger partial charge in [0.05, 0.1) is 18.1 Å². The van der Waals surface area contributed by atoms with Crippen LogP contribution in [0.2, 0.25) is 0 Å². The summed E-state index contributed by atoms with van der Waals surface area (Å²) in [6, 6.07) is 35.9. The topological polar surface area (TPSA) is 81.4 Å². The van der Waals surface area contributed by atoms with Crippen molar-refractivity contribution in [3.05, 3.63) is 115 Å². The molecule has 1 heterocycles. The molecule has 0 fully saturated rings. The van der Waals surface area contributed by atoms with Crippen molar-refractivity contribution in [3.8, 4) is 34.0 Å². The van der Waals surface area contributed by atoms with Crippen molar-refractivity contribution >= 4 is 23.4 Å². The van der Waals surface area contributed by atoms with Crippen LogP contribution in [0.3, 0.4) is 0 Å². The molecular formula is C32H29N5O2S. The quantitative estimate of drug-likeness (QED) is 0.121. The van der Waals surface area contributed by atoms with Gasteiger partial charge < -0.3 is 4.74 Å². The van der Waals surface area contributed by atoms with Gasteiger partial charge in [0.1, 0.15) is 5.75 Å². The minimum Gasteiger partial charge on any atom is -0.494 e. The van der Waals surface area contributed by atoms with Crippen LogP contribution in [-0.4, -0.2) is 38.7 Å². The number of aromatic nitrogens is 3. The summed E-state index contributed by atoms with van der Waals surface area (Å²) in [4.78, 5) is 12.7. The van der Waals surface area contributed by atoms with E-state index in [-0.39, 0.29) is 11.7 Å². The van der Waals surface area contributed by atoms with Crippen molar-refractivity contribution in [2.24, 2.45) is 5.10 Å². The molecule has 1 N–H and O–H groups in total. The van der Waals surface area contributed by atoms with E-state index >= 15 is 0 Å². The molecule has 0 aliphatic rings. The van der Waals surface area contributed by atoms with E-state index in [4.69, 9.17) is 4.74 Å². The highest BCUT2D eigenvalue weighted by atomic mass is 32.2. The number of carbonyl (C=O) groups is 1. The third kappa shape index (κ3) is 6.47. The first-order valence-electron chi connectivity index (χ1n) is 13.0. The normalized spacial score (nSPS) is 11.3. The minimum absolute atomic E-state index is 0.133. The largest absolute Gasteiger partial charge is 0.494 e. The van der Waals surface area contributed by atoms with E-state index in [0.717, 1.165) is 39.4 Å². The number of hydrazone groups is 1. The van der Waals surface area contributed by atoms with Crippen LogP contribution in [0.15, 0.2) is 119 Å². The lowest BCUT2D eigenvalue weighted by Gasteiger charge is -2.11. The number of benzene rings is 4. The number of amides is 1. The van der Waals surface area contributed by atoms with Crippen molar-refractivity contribution in [3.63, 3.8) is 0 Å². The molecule has 7 nitrogen and oxygen atoms in total. The van der Waals surface area contributed by atoms with Crippen LogP contribution in [0.1, 0.15) is 19.4 Å². The van der Waals surface area contributed by atoms with E-state index in [2.05, 4.69) is 45.0 Å². The second-order valence-corrected chi connectivity index (χ2v) is 9.84. The maximum atomic E-state index is 12.7. The zero-order chi connectivity index (χ0) is 27.7. The molecule has 0 atom stereocenters. The number of hydrogen-bond donors (Lipinski definition) is 1. The number of carbonyl (C=O) groups excluding carboxylic acids is 1. The molecule has 0 radical (unpaired) electrons. The molecule has 8 heteroatoms. The first-order chi connectivity index (χ1) is 19.6. The Morgan fingerprint density at radius 3 is 2.10 bits per heavy atom. The summed E-state index contributed by atoms with van der Waals surface area (Å²) in [5.74, 6) is 1.39. The standard InChI is InChI=1S/C32H29N5O2S/c1-3-39-29-20-18-28(19-21-29)37-31(27-12-8-5-9-13-27)35-36-32(37)40-22-30(38)34-33-23(2)24-14-16-26(17-15-24)25-10-6-4-7-11-25/h4-21H,3,22H2,1-2H3,(H,34,38)/b33-23+. The Balaban J connectivity index is 1.28. The van der Waals surface area contributed by atoms with Gasteiger partial charge >= 0.3 is 0 Å². The van der Waals surface area contributed by atoms with Gasteiger partial charge in [0.25, 0.3) is 5.91 Å². The predicted octanol–water partition coefficient (Wildman–Crippen LogP) is 6.63. The van der Waals surface area contributed by atoms with E-state index in [1.807, 2.05) is 103 Å². The Morgan fingerprint density at radius 1 is 0.825 bits per heavy atom. The molecular weight excluding hydrogens is 518 g/mol. The van der Waals surface area contributed by atoms with E-state index in [1.165, 1.54) is 11.8 Å². The number of hydrogen-bond acceptors (Lipinski definition) is 6. The molecule has 0 spiro atoms. The SMILES string of the molecule is CCOc1ccc(-n2c(SCC(=O)N/N=C(\C)c3ccc(-c4ccccc4)cc3)nnc2-c2ccccc2)cc1. The third-order valence-corrected chi connectivity index (χ3v) is 7.09. The molecule has 4 aromatic carbocycles. The first-order valence-corrected chi connectivity index (χ1v) is 14.0. The van der Waals surface area contributed by atoms with E-state index < -0.39 is 0 Å². The van der Waals surface area contributed by atoms with E-state index in [9.17, 15) is 4.79 Å². The molecule has 0 saturated carbocycles. The second-order valence-electron chi connectivity index (χ2n) is 8.90. The lowest BCUT2D eigenvalue weighted by molar-refractivity contribution is -0.118. The maximum absolute atomic E-state index is 12.7. The Morgan fingerprint density at radius 2 is 1.45 bits per heavy atom. The summed E-state index contributed by atoms with van der Waals surface area (Å²) >= 11 is 1.30. The molecule has 1 amide bonds. The summed E-state index contributed by atoms with van der Waals surface area (Å²) in [7, 11) is 0.